The number of methoxy groups -OCH3 is 1. The number of nitrogens with zero attached hydrogens (tertiary/aromatic N) is 2. The topological polar surface area (TPSA) is 48.2 Å². The highest BCUT2D eigenvalue weighted by Crippen LogP contribution is 2.27. The molecule has 0 aliphatic heterocycles. The number of aromatic nitrogens is 2. The first kappa shape index (κ1) is 16.0. The summed E-state index contributed by atoms with van der Waals surface area (Å²) in [4.78, 5) is 1.26. The molecular formula is C17H16N2O2S2. The SMILES string of the molecule is COc1ccc(-c2nnc(SCc3ccc(SC)cc3)o2)cc1. The average Bonchev–Trinajstić information content (AvgIpc) is 3.09. The van der Waals surface area contributed by atoms with E-state index in [1.54, 1.807) is 18.9 Å². The van der Waals surface area contributed by atoms with Crippen molar-refractivity contribution in [1.29, 1.82) is 0 Å². The molecule has 118 valence electrons. The van der Waals surface area contributed by atoms with Crippen molar-refractivity contribution in [3.8, 4) is 17.2 Å². The molecule has 6 heteroatoms. The normalized spacial score (nSPS) is 10.7. The first-order valence-corrected chi connectivity index (χ1v) is 9.23. The second-order valence-corrected chi connectivity index (χ2v) is 6.54. The van der Waals surface area contributed by atoms with E-state index in [4.69, 9.17) is 9.15 Å². The first-order valence-electron chi connectivity index (χ1n) is 7.02. The Hall–Kier alpha value is -1.92. The third-order valence-electron chi connectivity index (χ3n) is 3.26. The Kier molecular flexibility index (Phi) is 5.25. The lowest BCUT2D eigenvalue weighted by atomic mass is 10.2. The van der Waals surface area contributed by atoms with Gasteiger partial charge in [-0.25, -0.2) is 0 Å². The molecule has 3 aromatic rings. The van der Waals surface area contributed by atoms with Crippen molar-refractivity contribution >= 4 is 23.5 Å². The van der Waals surface area contributed by atoms with Gasteiger partial charge in [0.25, 0.3) is 5.22 Å². The van der Waals surface area contributed by atoms with Crippen molar-refractivity contribution in [3.05, 3.63) is 54.1 Å². The Morgan fingerprint density at radius 2 is 1.74 bits per heavy atom. The fourth-order valence-corrected chi connectivity index (χ4v) is 3.11. The molecular weight excluding hydrogens is 328 g/mol. The number of thioether (sulfide) groups is 2. The predicted molar refractivity (Wildman–Crippen MR) is 94.1 cm³/mol. The van der Waals surface area contributed by atoms with Crippen LogP contribution in [-0.4, -0.2) is 23.6 Å². The monoisotopic (exact) mass is 344 g/mol. The second-order valence-electron chi connectivity index (χ2n) is 4.74. The molecule has 0 saturated heterocycles. The zero-order valence-corrected chi connectivity index (χ0v) is 14.5. The first-order chi connectivity index (χ1) is 11.3. The summed E-state index contributed by atoms with van der Waals surface area (Å²) < 4.78 is 10.8. The Morgan fingerprint density at radius 3 is 2.39 bits per heavy atom. The zero-order chi connectivity index (χ0) is 16.1. The Balaban J connectivity index is 1.64. The summed E-state index contributed by atoms with van der Waals surface area (Å²) in [6.45, 7) is 0. The van der Waals surface area contributed by atoms with Crippen LogP contribution in [0.1, 0.15) is 5.56 Å². The van der Waals surface area contributed by atoms with E-state index in [9.17, 15) is 0 Å². The maximum absolute atomic E-state index is 5.71. The minimum atomic E-state index is 0.521. The van der Waals surface area contributed by atoms with Crippen molar-refractivity contribution in [1.82, 2.24) is 10.2 Å². The molecule has 0 amide bonds. The number of benzene rings is 2. The summed E-state index contributed by atoms with van der Waals surface area (Å²) in [5.74, 6) is 2.13. The standard InChI is InChI=1S/C17H16N2O2S2/c1-20-14-7-5-13(6-8-14)16-18-19-17(21-16)23-11-12-3-9-15(22-2)10-4-12/h3-10H,11H2,1-2H3. The molecule has 0 aliphatic rings. The molecule has 2 aromatic carbocycles. The number of rotatable bonds is 6. The molecule has 0 unspecified atom stereocenters. The largest absolute Gasteiger partial charge is 0.497 e. The molecule has 0 N–H and O–H groups in total. The highest BCUT2D eigenvalue weighted by atomic mass is 32.2. The van der Waals surface area contributed by atoms with E-state index in [0.29, 0.717) is 11.1 Å². The van der Waals surface area contributed by atoms with Crippen molar-refractivity contribution in [2.45, 2.75) is 15.9 Å². The van der Waals surface area contributed by atoms with Crippen LogP contribution in [0.5, 0.6) is 5.75 Å². The van der Waals surface area contributed by atoms with Gasteiger partial charge in [-0.05, 0) is 48.2 Å². The zero-order valence-electron chi connectivity index (χ0n) is 12.9. The summed E-state index contributed by atoms with van der Waals surface area (Å²) in [5, 5.41) is 8.77. The summed E-state index contributed by atoms with van der Waals surface area (Å²) in [5.41, 5.74) is 2.12. The molecule has 3 rings (SSSR count). The van der Waals surface area contributed by atoms with Crippen LogP contribution in [0.25, 0.3) is 11.5 Å². The predicted octanol–water partition coefficient (Wildman–Crippen LogP) is 4.76. The minimum absolute atomic E-state index is 0.521. The average molecular weight is 344 g/mol. The molecule has 0 radical (unpaired) electrons. The fourth-order valence-electron chi connectivity index (χ4n) is 1.99. The Labute approximate surface area is 143 Å². The van der Waals surface area contributed by atoms with E-state index in [2.05, 4.69) is 40.7 Å². The lowest BCUT2D eigenvalue weighted by Crippen LogP contribution is -1.82. The quantitative estimate of drug-likeness (QED) is 0.601. The van der Waals surface area contributed by atoms with Gasteiger partial charge in [-0.1, -0.05) is 23.9 Å². The van der Waals surface area contributed by atoms with Crippen molar-refractivity contribution in [3.63, 3.8) is 0 Å². The van der Waals surface area contributed by atoms with Crippen LogP contribution in [0.3, 0.4) is 0 Å². The number of hydrogen-bond acceptors (Lipinski definition) is 6. The van der Waals surface area contributed by atoms with Crippen LogP contribution in [-0.2, 0) is 5.75 Å². The highest BCUT2D eigenvalue weighted by molar-refractivity contribution is 7.98. The van der Waals surface area contributed by atoms with Gasteiger partial charge in [-0.15, -0.1) is 22.0 Å². The third-order valence-corrected chi connectivity index (χ3v) is 4.90. The van der Waals surface area contributed by atoms with Crippen LogP contribution in [0, 0.1) is 0 Å². The number of hydrogen-bond donors (Lipinski definition) is 0. The van der Waals surface area contributed by atoms with Gasteiger partial charge in [-0.3, -0.25) is 0 Å². The van der Waals surface area contributed by atoms with Gasteiger partial charge in [0.1, 0.15) is 5.75 Å². The summed E-state index contributed by atoms with van der Waals surface area (Å²) in [6.07, 6.45) is 2.07. The van der Waals surface area contributed by atoms with E-state index < -0.39 is 0 Å². The van der Waals surface area contributed by atoms with Crippen LogP contribution in [0.15, 0.2) is 63.1 Å². The van der Waals surface area contributed by atoms with Crippen LogP contribution in [0.2, 0.25) is 0 Å². The van der Waals surface area contributed by atoms with Gasteiger partial charge < -0.3 is 9.15 Å². The molecule has 0 fully saturated rings. The number of ether oxygens (including phenoxy) is 1. The molecule has 1 aromatic heterocycles. The molecule has 0 atom stereocenters. The lowest BCUT2D eigenvalue weighted by Gasteiger charge is -2.00. The van der Waals surface area contributed by atoms with Crippen molar-refractivity contribution in [2.24, 2.45) is 0 Å². The van der Waals surface area contributed by atoms with E-state index in [1.807, 2.05) is 24.3 Å². The van der Waals surface area contributed by atoms with E-state index in [-0.39, 0.29) is 0 Å². The molecule has 0 bridgehead atoms. The summed E-state index contributed by atoms with van der Waals surface area (Å²) in [7, 11) is 1.64. The summed E-state index contributed by atoms with van der Waals surface area (Å²) >= 11 is 3.28. The van der Waals surface area contributed by atoms with Crippen LogP contribution in [0.4, 0.5) is 0 Å². The molecule has 23 heavy (non-hydrogen) atoms. The fraction of sp³-hybridized carbons (Fsp3) is 0.176. The van der Waals surface area contributed by atoms with E-state index in [0.717, 1.165) is 17.1 Å². The lowest BCUT2D eigenvalue weighted by molar-refractivity contribution is 0.414. The molecule has 0 aliphatic carbocycles. The van der Waals surface area contributed by atoms with Gasteiger partial charge in [0.2, 0.25) is 5.89 Å². The maximum Gasteiger partial charge on any atom is 0.277 e. The van der Waals surface area contributed by atoms with Crippen LogP contribution < -0.4 is 4.74 Å². The second kappa shape index (κ2) is 7.57. The minimum Gasteiger partial charge on any atom is -0.497 e. The Morgan fingerprint density at radius 1 is 1.00 bits per heavy atom. The molecule has 0 saturated carbocycles. The van der Waals surface area contributed by atoms with Gasteiger partial charge in [0.15, 0.2) is 0 Å². The van der Waals surface area contributed by atoms with Crippen molar-refractivity contribution < 1.29 is 9.15 Å². The van der Waals surface area contributed by atoms with E-state index in [1.165, 1.54) is 22.2 Å². The van der Waals surface area contributed by atoms with Gasteiger partial charge in [-0.2, -0.15) is 0 Å². The van der Waals surface area contributed by atoms with Gasteiger partial charge in [0, 0.05) is 16.2 Å². The highest BCUT2D eigenvalue weighted by Gasteiger charge is 2.09. The molecule has 0 spiro atoms. The van der Waals surface area contributed by atoms with Gasteiger partial charge >= 0.3 is 0 Å². The molecule has 1 heterocycles. The van der Waals surface area contributed by atoms with E-state index >= 15 is 0 Å². The Bertz CT molecular complexity index is 755. The third kappa shape index (κ3) is 4.09. The maximum atomic E-state index is 5.71. The van der Waals surface area contributed by atoms with Crippen molar-refractivity contribution in [2.75, 3.05) is 13.4 Å². The smallest absolute Gasteiger partial charge is 0.277 e. The molecule has 4 nitrogen and oxygen atoms in total. The van der Waals surface area contributed by atoms with Crippen LogP contribution >= 0.6 is 23.5 Å². The summed E-state index contributed by atoms with van der Waals surface area (Å²) in [6, 6.07) is 16.1. The van der Waals surface area contributed by atoms with Gasteiger partial charge in [0.05, 0.1) is 7.11 Å².